The number of aromatic nitrogens is 3. The van der Waals surface area contributed by atoms with Crippen LogP contribution in [0.1, 0.15) is 19.8 Å². The summed E-state index contributed by atoms with van der Waals surface area (Å²) < 4.78 is 33.5. The van der Waals surface area contributed by atoms with Gasteiger partial charge in [0.15, 0.2) is 0 Å². The number of nitrogens with zero attached hydrogens (tertiary/aromatic N) is 4. The summed E-state index contributed by atoms with van der Waals surface area (Å²) in [6, 6.07) is 19.1. The molecule has 1 aliphatic heterocycles. The Hall–Kier alpha value is -4.74. The molecule has 0 aliphatic carbocycles. The summed E-state index contributed by atoms with van der Waals surface area (Å²) in [5, 5.41) is 7.71. The van der Waals surface area contributed by atoms with Gasteiger partial charge in [-0.25, -0.2) is 22.4 Å². The lowest BCUT2D eigenvalue weighted by Crippen LogP contribution is -2.19. The van der Waals surface area contributed by atoms with E-state index in [0.29, 0.717) is 46.0 Å². The zero-order valence-electron chi connectivity index (χ0n) is 23.7. The molecule has 5 aromatic rings. The van der Waals surface area contributed by atoms with E-state index in [2.05, 4.69) is 25.5 Å². The van der Waals surface area contributed by atoms with Gasteiger partial charge in [-0.05, 0) is 75.3 Å². The minimum Gasteiger partial charge on any atom is -0.492 e. The summed E-state index contributed by atoms with van der Waals surface area (Å²) in [4.78, 5) is 24.2. The van der Waals surface area contributed by atoms with Gasteiger partial charge in [0.2, 0.25) is 5.91 Å². The van der Waals surface area contributed by atoms with Crippen molar-refractivity contribution in [1.29, 1.82) is 0 Å². The molecule has 0 bridgehead atoms. The van der Waals surface area contributed by atoms with Gasteiger partial charge in [-0.3, -0.25) is 9.69 Å². The molecule has 0 spiro atoms. The van der Waals surface area contributed by atoms with Crippen LogP contribution in [0.2, 0.25) is 0 Å². The van der Waals surface area contributed by atoms with Gasteiger partial charge in [0.1, 0.15) is 17.9 Å². The third-order valence-electron chi connectivity index (χ3n) is 7.34. The second-order valence-corrected chi connectivity index (χ2v) is 12.1. The quantitative estimate of drug-likeness (QED) is 0.201. The highest BCUT2D eigenvalue weighted by Crippen LogP contribution is 2.34. The topological polar surface area (TPSA) is 118 Å². The number of ether oxygens (including phenoxy) is 1. The van der Waals surface area contributed by atoms with Crippen LogP contribution >= 0.6 is 0 Å². The largest absolute Gasteiger partial charge is 0.492 e. The van der Waals surface area contributed by atoms with Gasteiger partial charge in [0, 0.05) is 41.3 Å². The molecule has 0 saturated carbocycles. The molecule has 2 N–H and O–H groups in total. The highest BCUT2D eigenvalue weighted by molar-refractivity contribution is 7.90. The second kappa shape index (κ2) is 12.2. The summed E-state index contributed by atoms with van der Waals surface area (Å²) in [6.07, 6.45) is 8.85. The summed E-state index contributed by atoms with van der Waals surface area (Å²) in [5.74, 6) is 0.804. The van der Waals surface area contributed by atoms with Gasteiger partial charge in [-0.15, -0.1) is 0 Å². The minimum absolute atomic E-state index is 0.221. The molecule has 3 heterocycles. The summed E-state index contributed by atoms with van der Waals surface area (Å²) in [6.45, 7) is 5.18. The van der Waals surface area contributed by atoms with Gasteiger partial charge < -0.3 is 15.4 Å². The molecule has 1 fully saturated rings. The predicted octanol–water partition coefficient (Wildman–Crippen LogP) is 5.55. The molecule has 2 aromatic heterocycles. The van der Waals surface area contributed by atoms with E-state index in [0.717, 1.165) is 25.0 Å². The maximum absolute atomic E-state index is 13.2. The number of rotatable bonds is 10. The number of amides is 1. The molecule has 1 amide bonds. The fourth-order valence-corrected chi connectivity index (χ4v) is 6.63. The van der Waals surface area contributed by atoms with Crippen molar-refractivity contribution in [2.75, 3.05) is 36.9 Å². The van der Waals surface area contributed by atoms with Gasteiger partial charge in [0.05, 0.1) is 28.2 Å². The van der Waals surface area contributed by atoms with Crippen molar-refractivity contribution in [2.24, 2.45) is 0 Å². The van der Waals surface area contributed by atoms with E-state index in [1.807, 2.05) is 19.1 Å². The van der Waals surface area contributed by atoms with Crippen molar-refractivity contribution in [3.05, 3.63) is 91.4 Å². The Balaban J connectivity index is 1.27. The lowest BCUT2D eigenvalue weighted by Gasteiger charge is -2.14. The van der Waals surface area contributed by atoms with Crippen molar-refractivity contribution in [3.63, 3.8) is 0 Å². The maximum Gasteiger partial charge on any atom is 0.268 e. The first kappa shape index (κ1) is 28.4. The summed E-state index contributed by atoms with van der Waals surface area (Å²) in [7, 11) is -3.73. The van der Waals surface area contributed by atoms with Crippen LogP contribution in [0.3, 0.4) is 0 Å². The summed E-state index contributed by atoms with van der Waals surface area (Å²) >= 11 is 0. The molecule has 220 valence electrons. The normalized spacial score (nSPS) is 14.1. The molecule has 0 radical (unpaired) electrons. The van der Waals surface area contributed by atoms with Crippen molar-refractivity contribution < 1.29 is 17.9 Å². The number of benzene rings is 3. The highest BCUT2D eigenvalue weighted by Gasteiger charge is 2.19. The number of carbonyl (C=O) groups is 1. The van der Waals surface area contributed by atoms with Crippen molar-refractivity contribution >= 4 is 54.9 Å². The van der Waals surface area contributed by atoms with Crippen molar-refractivity contribution in [2.45, 2.75) is 24.7 Å². The molecule has 1 saturated heterocycles. The standard InChI is InChI=1S/C32H32N6O4S/c1-2-42-30-21-27-26(20-28(30)36-31(39)11-8-17-37-15-6-7-16-37)32(34-22-33-27)35-24-12-13-29-23(19-24)14-18-38(29)43(40,41)25-9-4-3-5-10-25/h3-5,8-14,18-22H,2,6-7,15-17H2,1H3,(H,36,39)(H,33,34,35). The van der Waals surface area contributed by atoms with E-state index in [1.54, 1.807) is 72.9 Å². The van der Waals surface area contributed by atoms with Crippen LogP contribution in [0.25, 0.3) is 21.8 Å². The molecule has 0 atom stereocenters. The Kier molecular flexibility index (Phi) is 8.08. The van der Waals surface area contributed by atoms with Crippen LogP contribution in [0.15, 0.2) is 96.3 Å². The second-order valence-electron chi connectivity index (χ2n) is 10.2. The Labute approximate surface area is 250 Å². The first-order chi connectivity index (χ1) is 20.9. The maximum atomic E-state index is 13.2. The predicted molar refractivity (Wildman–Crippen MR) is 168 cm³/mol. The van der Waals surface area contributed by atoms with E-state index in [1.165, 1.54) is 23.1 Å². The molecule has 1 aliphatic rings. The number of hydrogen-bond donors (Lipinski definition) is 2. The number of fused-ring (bicyclic) bond motifs is 2. The third kappa shape index (κ3) is 6.08. The minimum atomic E-state index is -3.73. The fourth-order valence-electron chi connectivity index (χ4n) is 5.25. The Morgan fingerprint density at radius 1 is 1.02 bits per heavy atom. The van der Waals surface area contributed by atoms with Gasteiger partial charge >= 0.3 is 0 Å². The van der Waals surface area contributed by atoms with Gasteiger partial charge in [-0.1, -0.05) is 24.3 Å². The number of likely N-dealkylation sites (tertiary alicyclic amines) is 1. The van der Waals surface area contributed by atoms with E-state index < -0.39 is 10.0 Å². The van der Waals surface area contributed by atoms with Crippen molar-refractivity contribution in [1.82, 2.24) is 18.8 Å². The Morgan fingerprint density at radius 3 is 2.63 bits per heavy atom. The molecule has 10 nitrogen and oxygen atoms in total. The van der Waals surface area contributed by atoms with Crippen molar-refractivity contribution in [3.8, 4) is 5.75 Å². The summed E-state index contributed by atoms with van der Waals surface area (Å²) in [5.41, 5.74) is 2.43. The highest BCUT2D eigenvalue weighted by atomic mass is 32.2. The van der Waals surface area contributed by atoms with E-state index in [9.17, 15) is 13.2 Å². The fraction of sp³-hybridized carbons (Fsp3) is 0.219. The Morgan fingerprint density at radius 2 is 1.84 bits per heavy atom. The monoisotopic (exact) mass is 596 g/mol. The van der Waals surface area contributed by atoms with Crippen LogP contribution in [0, 0.1) is 0 Å². The third-order valence-corrected chi connectivity index (χ3v) is 9.05. The van der Waals surface area contributed by atoms with Crippen LogP contribution in [0.5, 0.6) is 5.75 Å². The smallest absolute Gasteiger partial charge is 0.268 e. The average Bonchev–Trinajstić information content (AvgIpc) is 3.69. The zero-order chi connectivity index (χ0) is 29.8. The van der Waals surface area contributed by atoms with E-state index in [4.69, 9.17) is 4.74 Å². The average molecular weight is 597 g/mol. The number of hydrogen-bond acceptors (Lipinski definition) is 8. The van der Waals surface area contributed by atoms with E-state index in [-0.39, 0.29) is 10.8 Å². The van der Waals surface area contributed by atoms with E-state index >= 15 is 0 Å². The number of carbonyl (C=O) groups excluding carboxylic acids is 1. The van der Waals surface area contributed by atoms with Crippen LogP contribution in [-0.4, -0.2) is 59.4 Å². The molecule has 11 heteroatoms. The SMILES string of the molecule is CCOc1cc2ncnc(Nc3ccc4c(ccn4S(=O)(=O)c4ccccc4)c3)c2cc1NC(=O)C=CCN1CCCC1. The van der Waals surface area contributed by atoms with Gasteiger partial charge in [-0.2, -0.15) is 0 Å². The van der Waals surface area contributed by atoms with Crippen LogP contribution < -0.4 is 15.4 Å². The molecular weight excluding hydrogens is 564 g/mol. The first-order valence-electron chi connectivity index (χ1n) is 14.2. The zero-order valence-corrected chi connectivity index (χ0v) is 24.5. The lowest BCUT2D eigenvalue weighted by atomic mass is 10.1. The molecule has 3 aromatic carbocycles. The molecule has 0 unspecified atom stereocenters. The lowest BCUT2D eigenvalue weighted by molar-refractivity contribution is -0.111. The molecule has 43 heavy (non-hydrogen) atoms. The Bertz CT molecular complexity index is 1920. The first-order valence-corrected chi connectivity index (χ1v) is 15.7. The van der Waals surface area contributed by atoms with Crippen LogP contribution in [0.4, 0.5) is 17.2 Å². The van der Waals surface area contributed by atoms with Crippen LogP contribution in [-0.2, 0) is 14.8 Å². The van der Waals surface area contributed by atoms with Gasteiger partial charge in [0.25, 0.3) is 10.0 Å². The molecular formula is C32H32N6O4S. The number of anilines is 3. The molecule has 6 rings (SSSR count). The number of nitrogens with one attached hydrogen (secondary N) is 2.